The van der Waals surface area contributed by atoms with Crippen LogP contribution in [0.2, 0.25) is 0 Å². The van der Waals surface area contributed by atoms with Crippen LogP contribution in [0.15, 0.2) is 6.20 Å². The fourth-order valence-electron chi connectivity index (χ4n) is 1.69. The first kappa shape index (κ1) is 16.0. The fourth-order valence-corrected chi connectivity index (χ4v) is 1.69. The molecule has 0 fully saturated rings. The molecule has 0 saturated heterocycles. The van der Waals surface area contributed by atoms with Gasteiger partial charge >= 0.3 is 12.0 Å². The van der Waals surface area contributed by atoms with Gasteiger partial charge in [0, 0.05) is 12.2 Å². The summed E-state index contributed by atoms with van der Waals surface area (Å²) in [7, 11) is 0. The molecule has 0 aliphatic carbocycles. The molecule has 0 aromatic carbocycles. The van der Waals surface area contributed by atoms with Crippen molar-refractivity contribution in [2.45, 2.75) is 38.8 Å². The number of aliphatic carboxylic acids is 1. The number of carbonyl (C=O) groups excluding carboxylic acids is 1. The number of nitrogens with one attached hydrogen (secondary N) is 3. The lowest BCUT2D eigenvalue weighted by Gasteiger charge is -2.17. The Morgan fingerprint density at radius 1 is 1.50 bits per heavy atom. The molecule has 1 heterocycles. The number of aromatic nitrogens is 2. The Kier molecular flexibility index (Phi) is 5.98. The molecule has 1 aromatic rings. The summed E-state index contributed by atoms with van der Waals surface area (Å²) >= 11 is 0. The zero-order valence-corrected chi connectivity index (χ0v) is 11.5. The van der Waals surface area contributed by atoms with Gasteiger partial charge in [0.25, 0.3) is 0 Å². The van der Waals surface area contributed by atoms with Gasteiger partial charge in [-0.3, -0.25) is 5.10 Å². The minimum atomic E-state index is -1.31. The lowest BCUT2D eigenvalue weighted by atomic mass is 10.1. The first-order chi connectivity index (χ1) is 9.41. The summed E-state index contributed by atoms with van der Waals surface area (Å²) in [6.45, 7) is 3.63. The highest BCUT2D eigenvalue weighted by molar-refractivity contribution is 5.82. The highest BCUT2D eigenvalue weighted by Crippen LogP contribution is 2.04. The zero-order valence-electron chi connectivity index (χ0n) is 11.5. The normalized spacial score (nSPS) is 13.6. The Bertz CT molecular complexity index is 458. The van der Waals surface area contributed by atoms with Crippen molar-refractivity contribution in [3.63, 3.8) is 0 Å². The van der Waals surface area contributed by atoms with Crippen LogP contribution in [0.25, 0.3) is 0 Å². The van der Waals surface area contributed by atoms with E-state index in [0.29, 0.717) is 13.0 Å². The van der Waals surface area contributed by atoms with Gasteiger partial charge in [-0.2, -0.15) is 5.10 Å². The number of carboxylic acids is 1. The molecule has 0 radical (unpaired) electrons. The number of carboxylic acid groups (broad SMARTS) is 1. The van der Waals surface area contributed by atoms with Gasteiger partial charge in [0.2, 0.25) is 0 Å². The van der Waals surface area contributed by atoms with E-state index in [4.69, 9.17) is 5.11 Å². The number of hydrogen-bond acceptors (Lipinski definition) is 4. The molecule has 0 aliphatic rings. The van der Waals surface area contributed by atoms with Crippen LogP contribution in [0.3, 0.4) is 0 Å². The largest absolute Gasteiger partial charge is 0.480 e. The predicted molar refractivity (Wildman–Crippen MR) is 71.3 cm³/mol. The van der Waals surface area contributed by atoms with Gasteiger partial charge in [-0.15, -0.1) is 0 Å². The van der Waals surface area contributed by atoms with Gasteiger partial charge in [0.05, 0.1) is 12.3 Å². The molecule has 0 bridgehead atoms. The van der Waals surface area contributed by atoms with Crippen LogP contribution in [-0.4, -0.2) is 51.1 Å². The van der Waals surface area contributed by atoms with E-state index in [9.17, 15) is 14.7 Å². The van der Waals surface area contributed by atoms with Crippen molar-refractivity contribution in [1.82, 2.24) is 20.8 Å². The maximum Gasteiger partial charge on any atom is 0.328 e. The average Bonchev–Trinajstić information content (AvgIpc) is 2.76. The third kappa shape index (κ3) is 4.88. The summed E-state index contributed by atoms with van der Waals surface area (Å²) in [4.78, 5) is 22.3. The Balaban J connectivity index is 2.26. The van der Waals surface area contributed by atoms with E-state index in [1.54, 1.807) is 6.20 Å². The number of aromatic amines is 1. The lowest BCUT2D eigenvalue weighted by Crippen LogP contribution is -2.51. The molecule has 2 unspecified atom stereocenters. The number of aliphatic hydroxyl groups is 1. The van der Waals surface area contributed by atoms with E-state index in [2.05, 4.69) is 20.8 Å². The van der Waals surface area contributed by atoms with E-state index < -0.39 is 24.1 Å². The lowest BCUT2D eigenvalue weighted by molar-refractivity contribution is -0.141. The highest BCUT2D eigenvalue weighted by atomic mass is 16.4. The molecule has 0 spiro atoms. The van der Waals surface area contributed by atoms with Crippen LogP contribution in [0.1, 0.15) is 24.6 Å². The molecule has 2 amide bonds. The highest BCUT2D eigenvalue weighted by Gasteiger charge is 2.24. The number of urea groups is 1. The number of H-pyrrole nitrogens is 1. The summed E-state index contributed by atoms with van der Waals surface area (Å²) in [5.74, 6) is -1.27. The van der Waals surface area contributed by atoms with Crippen molar-refractivity contribution in [1.29, 1.82) is 0 Å². The zero-order chi connectivity index (χ0) is 15.1. The Hall–Kier alpha value is -2.09. The summed E-state index contributed by atoms with van der Waals surface area (Å²) in [5.41, 5.74) is 2.08. The third-order valence-electron chi connectivity index (χ3n) is 2.88. The van der Waals surface area contributed by atoms with Gasteiger partial charge in [0.15, 0.2) is 6.04 Å². The molecule has 8 nitrogen and oxygen atoms in total. The second-order valence-corrected chi connectivity index (χ2v) is 4.58. The molecule has 0 saturated carbocycles. The van der Waals surface area contributed by atoms with Crippen LogP contribution < -0.4 is 10.6 Å². The van der Waals surface area contributed by atoms with Gasteiger partial charge in [0.1, 0.15) is 0 Å². The van der Waals surface area contributed by atoms with E-state index in [1.165, 1.54) is 6.92 Å². The number of aryl methyl sites for hydroxylation is 2. The van der Waals surface area contributed by atoms with E-state index >= 15 is 0 Å². The molecule has 1 aromatic heterocycles. The van der Waals surface area contributed by atoms with Crippen molar-refractivity contribution in [3.8, 4) is 0 Å². The first-order valence-electron chi connectivity index (χ1n) is 6.36. The number of nitrogens with zero attached hydrogens (tertiary/aromatic N) is 1. The topological polar surface area (TPSA) is 127 Å². The van der Waals surface area contributed by atoms with Crippen LogP contribution in [0, 0.1) is 6.92 Å². The number of rotatable bonds is 7. The monoisotopic (exact) mass is 284 g/mol. The second kappa shape index (κ2) is 7.49. The summed E-state index contributed by atoms with van der Waals surface area (Å²) < 4.78 is 0. The molecule has 1 rings (SSSR count). The quantitative estimate of drug-likeness (QED) is 0.442. The maximum absolute atomic E-state index is 11.5. The minimum absolute atomic E-state index is 0.405. The Morgan fingerprint density at radius 2 is 2.20 bits per heavy atom. The van der Waals surface area contributed by atoms with Crippen LogP contribution in [-0.2, 0) is 11.2 Å². The molecule has 112 valence electrons. The Labute approximate surface area is 116 Å². The van der Waals surface area contributed by atoms with Gasteiger partial charge in [-0.25, -0.2) is 9.59 Å². The molecular weight excluding hydrogens is 264 g/mol. The maximum atomic E-state index is 11.5. The van der Waals surface area contributed by atoms with Gasteiger partial charge in [-0.05, 0) is 32.3 Å². The summed E-state index contributed by atoms with van der Waals surface area (Å²) in [6, 6.07) is -1.92. The van der Waals surface area contributed by atoms with Crippen molar-refractivity contribution < 1.29 is 19.8 Å². The number of amides is 2. The van der Waals surface area contributed by atoms with Crippen molar-refractivity contribution in [2.24, 2.45) is 0 Å². The van der Waals surface area contributed by atoms with E-state index in [1.807, 2.05) is 6.92 Å². The number of aliphatic hydroxyl groups excluding tert-OH is 1. The third-order valence-corrected chi connectivity index (χ3v) is 2.88. The van der Waals surface area contributed by atoms with Crippen LogP contribution in [0.4, 0.5) is 4.79 Å². The smallest absolute Gasteiger partial charge is 0.328 e. The van der Waals surface area contributed by atoms with Gasteiger partial charge < -0.3 is 20.8 Å². The molecule has 2 atom stereocenters. The molecular formula is C12H20N4O4. The van der Waals surface area contributed by atoms with Crippen molar-refractivity contribution >= 4 is 12.0 Å². The fraction of sp³-hybridized carbons (Fsp3) is 0.583. The minimum Gasteiger partial charge on any atom is -0.480 e. The predicted octanol–water partition coefficient (Wildman–Crippen LogP) is -0.216. The van der Waals surface area contributed by atoms with E-state index in [-0.39, 0.29) is 0 Å². The molecule has 8 heteroatoms. The summed E-state index contributed by atoms with van der Waals surface area (Å²) in [5, 5.41) is 29.5. The van der Waals surface area contributed by atoms with Crippen LogP contribution >= 0.6 is 0 Å². The van der Waals surface area contributed by atoms with Crippen molar-refractivity contribution in [2.75, 3.05) is 6.54 Å². The second-order valence-electron chi connectivity index (χ2n) is 4.58. The number of carbonyl (C=O) groups is 2. The SMILES string of the molecule is Cc1[nH]ncc1CCCNC(=O)NC(C(=O)O)C(C)O. The molecule has 0 aliphatic heterocycles. The summed E-state index contributed by atoms with van der Waals surface area (Å²) in [6.07, 6.45) is 2.05. The number of hydrogen-bond donors (Lipinski definition) is 5. The van der Waals surface area contributed by atoms with Crippen molar-refractivity contribution in [3.05, 3.63) is 17.5 Å². The average molecular weight is 284 g/mol. The molecule has 20 heavy (non-hydrogen) atoms. The van der Waals surface area contributed by atoms with Crippen LogP contribution in [0.5, 0.6) is 0 Å². The Morgan fingerprint density at radius 3 is 2.70 bits per heavy atom. The first-order valence-corrected chi connectivity index (χ1v) is 6.36. The molecule has 5 N–H and O–H groups in total. The van der Waals surface area contributed by atoms with E-state index in [0.717, 1.165) is 17.7 Å². The standard InChI is InChI=1S/C12H20N4O4/c1-7-9(6-14-16-7)4-3-5-13-12(20)15-10(8(2)17)11(18)19/h6,8,10,17H,3-5H2,1-2H3,(H,14,16)(H,18,19)(H2,13,15,20). The van der Waals surface area contributed by atoms with Gasteiger partial charge in [-0.1, -0.05) is 0 Å².